The molecule has 1 aromatic rings. The van der Waals surface area contributed by atoms with Gasteiger partial charge in [0, 0.05) is 20.4 Å². The lowest BCUT2D eigenvalue weighted by Crippen LogP contribution is -2.46. The average molecular weight is 212 g/mol. The molecule has 5 nitrogen and oxygen atoms in total. The van der Waals surface area contributed by atoms with Crippen LogP contribution in [0.4, 0.5) is 0 Å². The summed E-state index contributed by atoms with van der Waals surface area (Å²) in [5.41, 5.74) is 3.49. The second-order valence-corrected chi connectivity index (χ2v) is 3.85. The normalized spacial score (nSPS) is 17.4. The number of nitrogens with two attached hydrogens (primary N) is 1. The Kier molecular flexibility index (Phi) is 3.84. The standard InChI is InChI=1S/C10H20N4O/c1-5-10(2,15-4)9(13-11)8-6-7-12-14(8)3/h6-7,9,13H,5,11H2,1-4H3. The zero-order valence-corrected chi connectivity index (χ0v) is 9.82. The molecule has 1 heterocycles. The minimum Gasteiger partial charge on any atom is -0.376 e. The van der Waals surface area contributed by atoms with Crippen molar-refractivity contribution in [3.8, 4) is 0 Å². The van der Waals surface area contributed by atoms with E-state index in [2.05, 4.69) is 17.4 Å². The molecule has 0 aliphatic heterocycles. The number of methoxy groups -OCH3 is 1. The molecule has 0 aliphatic rings. The summed E-state index contributed by atoms with van der Waals surface area (Å²) in [6.07, 6.45) is 2.62. The van der Waals surface area contributed by atoms with Crippen LogP contribution >= 0.6 is 0 Å². The summed E-state index contributed by atoms with van der Waals surface area (Å²) in [7, 11) is 3.59. The molecule has 0 aromatic carbocycles. The summed E-state index contributed by atoms with van der Waals surface area (Å²) >= 11 is 0. The van der Waals surface area contributed by atoms with Crippen molar-refractivity contribution in [3.05, 3.63) is 18.0 Å². The molecule has 0 radical (unpaired) electrons. The predicted octanol–water partition coefficient (Wildman–Crippen LogP) is 0.740. The summed E-state index contributed by atoms with van der Waals surface area (Å²) in [5.74, 6) is 5.60. The third kappa shape index (κ3) is 2.19. The number of hydrogen-bond acceptors (Lipinski definition) is 4. The van der Waals surface area contributed by atoms with Gasteiger partial charge in [0.1, 0.15) is 0 Å². The van der Waals surface area contributed by atoms with E-state index < -0.39 is 0 Å². The molecular formula is C10H20N4O. The van der Waals surface area contributed by atoms with Crippen LogP contribution in [-0.4, -0.2) is 22.5 Å². The van der Waals surface area contributed by atoms with Crippen LogP contribution in [0.2, 0.25) is 0 Å². The van der Waals surface area contributed by atoms with Gasteiger partial charge in [-0.05, 0) is 19.4 Å². The van der Waals surface area contributed by atoms with Crippen molar-refractivity contribution in [3.63, 3.8) is 0 Å². The smallest absolute Gasteiger partial charge is 0.0915 e. The molecule has 0 bridgehead atoms. The molecule has 0 spiro atoms. The van der Waals surface area contributed by atoms with Crippen LogP contribution in [0.1, 0.15) is 32.0 Å². The molecule has 1 aromatic heterocycles. The second kappa shape index (κ2) is 4.74. The van der Waals surface area contributed by atoms with E-state index in [1.807, 2.05) is 20.0 Å². The number of hydrogen-bond donors (Lipinski definition) is 2. The average Bonchev–Trinajstić information content (AvgIpc) is 2.66. The number of aryl methyl sites for hydroxylation is 1. The van der Waals surface area contributed by atoms with Crippen LogP contribution in [0.25, 0.3) is 0 Å². The van der Waals surface area contributed by atoms with Gasteiger partial charge in [-0.3, -0.25) is 10.5 Å². The van der Waals surface area contributed by atoms with E-state index in [4.69, 9.17) is 10.6 Å². The van der Waals surface area contributed by atoms with Crippen molar-refractivity contribution in [1.29, 1.82) is 0 Å². The van der Waals surface area contributed by atoms with Crippen LogP contribution in [0.15, 0.2) is 12.3 Å². The number of nitrogens with one attached hydrogen (secondary N) is 1. The van der Waals surface area contributed by atoms with Crippen LogP contribution in [0.5, 0.6) is 0 Å². The summed E-state index contributed by atoms with van der Waals surface area (Å²) in [4.78, 5) is 0. The van der Waals surface area contributed by atoms with E-state index in [-0.39, 0.29) is 11.6 Å². The number of hydrazine groups is 1. The first-order valence-corrected chi connectivity index (χ1v) is 5.08. The van der Waals surface area contributed by atoms with Gasteiger partial charge in [-0.25, -0.2) is 5.43 Å². The van der Waals surface area contributed by atoms with E-state index in [0.29, 0.717) is 0 Å². The molecule has 5 heteroatoms. The van der Waals surface area contributed by atoms with Gasteiger partial charge >= 0.3 is 0 Å². The highest BCUT2D eigenvalue weighted by molar-refractivity contribution is 5.11. The third-order valence-electron chi connectivity index (χ3n) is 3.10. The quantitative estimate of drug-likeness (QED) is 0.558. The molecule has 0 fully saturated rings. The van der Waals surface area contributed by atoms with Gasteiger partial charge in [0.05, 0.1) is 17.3 Å². The summed E-state index contributed by atoms with van der Waals surface area (Å²) in [6, 6.07) is 1.87. The van der Waals surface area contributed by atoms with Crippen LogP contribution in [0.3, 0.4) is 0 Å². The first kappa shape index (κ1) is 12.2. The molecule has 15 heavy (non-hydrogen) atoms. The summed E-state index contributed by atoms with van der Waals surface area (Å²) < 4.78 is 7.34. The van der Waals surface area contributed by atoms with Gasteiger partial charge in [-0.2, -0.15) is 5.10 Å². The van der Waals surface area contributed by atoms with E-state index >= 15 is 0 Å². The fourth-order valence-corrected chi connectivity index (χ4v) is 1.71. The molecule has 0 saturated heterocycles. The van der Waals surface area contributed by atoms with Crippen molar-refractivity contribution in [1.82, 2.24) is 15.2 Å². The number of rotatable bonds is 5. The topological polar surface area (TPSA) is 65.1 Å². The molecule has 0 amide bonds. The van der Waals surface area contributed by atoms with Crippen molar-refractivity contribution in [2.75, 3.05) is 7.11 Å². The van der Waals surface area contributed by atoms with Crippen molar-refractivity contribution < 1.29 is 4.74 Å². The maximum absolute atomic E-state index is 5.60. The van der Waals surface area contributed by atoms with Gasteiger partial charge in [0.2, 0.25) is 0 Å². The first-order valence-electron chi connectivity index (χ1n) is 5.08. The van der Waals surface area contributed by atoms with Gasteiger partial charge in [0.15, 0.2) is 0 Å². The Bertz CT molecular complexity index is 306. The minimum absolute atomic E-state index is 0.0694. The van der Waals surface area contributed by atoms with E-state index in [1.165, 1.54) is 0 Å². The lowest BCUT2D eigenvalue weighted by atomic mass is 9.91. The monoisotopic (exact) mass is 212 g/mol. The molecule has 0 saturated carbocycles. The maximum atomic E-state index is 5.60. The number of aromatic nitrogens is 2. The van der Waals surface area contributed by atoms with Gasteiger partial charge < -0.3 is 4.74 Å². The molecule has 3 N–H and O–H groups in total. The second-order valence-electron chi connectivity index (χ2n) is 3.85. The fourth-order valence-electron chi connectivity index (χ4n) is 1.71. The third-order valence-corrected chi connectivity index (χ3v) is 3.10. The fraction of sp³-hybridized carbons (Fsp3) is 0.700. The Balaban J connectivity index is 3.03. The zero-order chi connectivity index (χ0) is 11.5. The van der Waals surface area contributed by atoms with Gasteiger partial charge in [-0.15, -0.1) is 0 Å². The number of nitrogens with zero attached hydrogens (tertiary/aromatic N) is 2. The van der Waals surface area contributed by atoms with Crippen molar-refractivity contribution in [2.45, 2.75) is 31.9 Å². The number of ether oxygens (including phenoxy) is 1. The van der Waals surface area contributed by atoms with Gasteiger partial charge in [-0.1, -0.05) is 6.92 Å². The lowest BCUT2D eigenvalue weighted by Gasteiger charge is -2.35. The SMILES string of the molecule is CCC(C)(OC)C(NN)c1ccnn1C. The Morgan fingerprint density at radius 3 is 2.73 bits per heavy atom. The Labute approximate surface area is 90.6 Å². The molecular weight excluding hydrogens is 192 g/mol. The van der Waals surface area contributed by atoms with E-state index in [1.54, 1.807) is 18.0 Å². The van der Waals surface area contributed by atoms with Crippen molar-refractivity contribution >= 4 is 0 Å². The highest BCUT2D eigenvalue weighted by atomic mass is 16.5. The van der Waals surface area contributed by atoms with Crippen LogP contribution in [0, 0.1) is 0 Å². The molecule has 86 valence electrons. The Morgan fingerprint density at radius 1 is 1.73 bits per heavy atom. The molecule has 2 atom stereocenters. The van der Waals surface area contributed by atoms with E-state index in [0.717, 1.165) is 12.1 Å². The summed E-state index contributed by atoms with van der Waals surface area (Å²) in [5, 5.41) is 4.13. The lowest BCUT2D eigenvalue weighted by molar-refractivity contribution is -0.0320. The highest BCUT2D eigenvalue weighted by Gasteiger charge is 2.34. The van der Waals surface area contributed by atoms with Crippen LogP contribution < -0.4 is 11.3 Å². The largest absolute Gasteiger partial charge is 0.376 e. The van der Waals surface area contributed by atoms with Crippen LogP contribution in [-0.2, 0) is 11.8 Å². The molecule has 0 aliphatic carbocycles. The predicted molar refractivity (Wildman–Crippen MR) is 59.0 cm³/mol. The Hall–Kier alpha value is -0.910. The Morgan fingerprint density at radius 2 is 2.40 bits per heavy atom. The molecule has 1 rings (SSSR count). The minimum atomic E-state index is -0.331. The zero-order valence-electron chi connectivity index (χ0n) is 9.82. The van der Waals surface area contributed by atoms with Gasteiger partial charge in [0.25, 0.3) is 0 Å². The highest BCUT2D eigenvalue weighted by Crippen LogP contribution is 2.30. The van der Waals surface area contributed by atoms with Crippen molar-refractivity contribution in [2.24, 2.45) is 12.9 Å². The van der Waals surface area contributed by atoms with E-state index in [9.17, 15) is 0 Å². The first-order chi connectivity index (χ1) is 7.09. The summed E-state index contributed by atoms with van der Waals surface area (Å²) in [6.45, 7) is 4.11. The maximum Gasteiger partial charge on any atom is 0.0915 e. The molecule has 2 unspecified atom stereocenters.